The highest BCUT2D eigenvalue weighted by atomic mass is 16.5. The first-order valence-electron chi connectivity index (χ1n) is 11.0. The molecule has 168 valence electrons. The van der Waals surface area contributed by atoms with Crippen molar-refractivity contribution in [2.24, 2.45) is 0 Å². The number of amides is 1. The van der Waals surface area contributed by atoms with Gasteiger partial charge < -0.3 is 19.5 Å². The maximum absolute atomic E-state index is 13.0. The fraction of sp³-hybridized carbons (Fsp3) is 0.280. The molecule has 0 radical (unpaired) electrons. The lowest BCUT2D eigenvalue weighted by Gasteiger charge is -2.32. The van der Waals surface area contributed by atoms with Gasteiger partial charge in [0, 0.05) is 50.4 Å². The van der Waals surface area contributed by atoms with Crippen LogP contribution in [0.3, 0.4) is 0 Å². The van der Waals surface area contributed by atoms with Gasteiger partial charge in [-0.1, -0.05) is 6.07 Å². The molecule has 1 N–H and O–H groups in total. The van der Waals surface area contributed by atoms with E-state index in [1.807, 2.05) is 41.3 Å². The van der Waals surface area contributed by atoms with E-state index in [2.05, 4.69) is 37.9 Å². The molecular weight excluding hydrogens is 416 g/mol. The SMILES string of the molecule is COc1cc(Cc2nccc(-c3ccccn3)n2)cc2cc(C(=O)N3CCN(C)CC3)[nH]c12. The number of nitrogens with one attached hydrogen (secondary N) is 1. The molecule has 8 nitrogen and oxygen atoms in total. The number of piperazine rings is 1. The molecule has 1 amide bonds. The number of likely N-dealkylation sites (N-methyl/N-ethyl adjacent to an activating group) is 1. The summed E-state index contributed by atoms with van der Waals surface area (Å²) < 4.78 is 5.64. The van der Waals surface area contributed by atoms with Crippen molar-refractivity contribution in [3.63, 3.8) is 0 Å². The molecule has 1 saturated heterocycles. The van der Waals surface area contributed by atoms with Crippen LogP contribution >= 0.6 is 0 Å². The first-order chi connectivity index (χ1) is 16.1. The third-order valence-corrected chi connectivity index (χ3v) is 5.99. The topological polar surface area (TPSA) is 87.2 Å². The van der Waals surface area contributed by atoms with E-state index >= 15 is 0 Å². The van der Waals surface area contributed by atoms with Gasteiger partial charge in [-0.05, 0) is 49.0 Å². The molecule has 5 rings (SSSR count). The second-order valence-corrected chi connectivity index (χ2v) is 8.29. The maximum atomic E-state index is 13.0. The molecule has 3 aromatic heterocycles. The van der Waals surface area contributed by atoms with Gasteiger partial charge in [0.1, 0.15) is 17.3 Å². The van der Waals surface area contributed by atoms with Crippen LogP contribution in [0.25, 0.3) is 22.3 Å². The number of carbonyl (C=O) groups excluding carboxylic acids is 1. The zero-order chi connectivity index (χ0) is 22.8. The van der Waals surface area contributed by atoms with Crippen LogP contribution in [0.2, 0.25) is 0 Å². The minimum atomic E-state index is 0.0225. The molecule has 0 saturated carbocycles. The number of pyridine rings is 1. The van der Waals surface area contributed by atoms with Crippen LogP contribution in [-0.4, -0.2) is 76.0 Å². The Morgan fingerprint density at radius 1 is 1.03 bits per heavy atom. The maximum Gasteiger partial charge on any atom is 0.270 e. The van der Waals surface area contributed by atoms with E-state index in [4.69, 9.17) is 4.74 Å². The number of hydrogen-bond donors (Lipinski definition) is 1. The number of H-pyrrole nitrogens is 1. The Morgan fingerprint density at radius 2 is 1.88 bits per heavy atom. The second-order valence-electron chi connectivity index (χ2n) is 8.29. The molecule has 1 aliphatic rings. The van der Waals surface area contributed by atoms with Gasteiger partial charge in [0.05, 0.1) is 24.0 Å². The van der Waals surface area contributed by atoms with E-state index in [1.54, 1.807) is 19.5 Å². The van der Waals surface area contributed by atoms with E-state index in [0.717, 1.165) is 54.0 Å². The number of carbonyl (C=O) groups is 1. The van der Waals surface area contributed by atoms with E-state index in [-0.39, 0.29) is 5.91 Å². The first-order valence-corrected chi connectivity index (χ1v) is 11.0. The van der Waals surface area contributed by atoms with Crippen LogP contribution in [0.15, 0.2) is 54.9 Å². The van der Waals surface area contributed by atoms with Crippen molar-refractivity contribution < 1.29 is 9.53 Å². The van der Waals surface area contributed by atoms with E-state index < -0.39 is 0 Å². The smallest absolute Gasteiger partial charge is 0.270 e. The predicted molar refractivity (Wildman–Crippen MR) is 126 cm³/mol. The normalized spacial score (nSPS) is 14.5. The predicted octanol–water partition coefficient (Wildman–Crippen LogP) is 3.01. The number of ether oxygens (including phenoxy) is 1. The fourth-order valence-corrected chi connectivity index (χ4v) is 4.15. The summed E-state index contributed by atoms with van der Waals surface area (Å²) in [5.41, 5.74) is 4.01. The van der Waals surface area contributed by atoms with Crippen LogP contribution in [0, 0.1) is 0 Å². The Morgan fingerprint density at radius 3 is 2.64 bits per heavy atom. The van der Waals surface area contributed by atoms with Gasteiger partial charge in [-0.15, -0.1) is 0 Å². The van der Waals surface area contributed by atoms with Crippen LogP contribution in [0.1, 0.15) is 21.9 Å². The Labute approximate surface area is 192 Å². The van der Waals surface area contributed by atoms with E-state index in [9.17, 15) is 4.79 Å². The molecule has 33 heavy (non-hydrogen) atoms. The number of rotatable bonds is 5. The number of nitrogens with zero attached hydrogens (tertiary/aromatic N) is 5. The molecule has 0 aliphatic carbocycles. The lowest BCUT2D eigenvalue weighted by molar-refractivity contribution is 0.0659. The minimum absolute atomic E-state index is 0.0225. The Bertz CT molecular complexity index is 1280. The van der Waals surface area contributed by atoms with E-state index in [0.29, 0.717) is 23.7 Å². The molecule has 1 fully saturated rings. The van der Waals surface area contributed by atoms with Gasteiger partial charge >= 0.3 is 0 Å². The molecule has 4 aromatic rings. The number of aromatic nitrogens is 4. The monoisotopic (exact) mass is 442 g/mol. The number of aromatic amines is 1. The molecule has 0 spiro atoms. The summed E-state index contributed by atoms with van der Waals surface area (Å²) in [5.74, 6) is 1.42. The standard InChI is InChI=1S/C25H26N6O2/c1-30-9-11-31(12-10-30)25(32)21-16-18-13-17(14-22(33-2)24(18)29-21)15-23-27-8-6-20(28-23)19-5-3-4-7-26-19/h3-8,13-14,16,29H,9-12,15H2,1-2H3. The molecule has 8 heteroatoms. The van der Waals surface area contributed by atoms with Crippen molar-refractivity contribution in [1.82, 2.24) is 29.7 Å². The average molecular weight is 443 g/mol. The van der Waals surface area contributed by atoms with Crippen molar-refractivity contribution in [3.05, 3.63) is 71.9 Å². The number of fused-ring (bicyclic) bond motifs is 1. The Balaban J connectivity index is 1.42. The minimum Gasteiger partial charge on any atom is -0.495 e. The molecular formula is C25H26N6O2. The van der Waals surface area contributed by atoms with Crippen molar-refractivity contribution in [2.45, 2.75) is 6.42 Å². The number of benzene rings is 1. The summed E-state index contributed by atoms with van der Waals surface area (Å²) in [6.07, 6.45) is 4.05. The summed E-state index contributed by atoms with van der Waals surface area (Å²) >= 11 is 0. The number of methoxy groups -OCH3 is 1. The third-order valence-electron chi connectivity index (χ3n) is 5.99. The van der Waals surface area contributed by atoms with Crippen LogP contribution in [-0.2, 0) is 6.42 Å². The van der Waals surface area contributed by atoms with Crippen LogP contribution in [0.4, 0.5) is 0 Å². The fourth-order valence-electron chi connectivity index (χ4n) is 4.15. The summed E-state index contributed by atoms with van der Waals surface area (Å²) in [6.45, 7) is 3.24. The highest BCUT2D eigenvalue weighted by molar-refractivity contribution is 5.99. The Kier molecular flexibility index (Phi) is 5.75. The van der Waals surface area contributed by atoms with Crippen molar-refractivity contribution in [2.75, 3.05) is 40.3 Å². The van der Waals surface area contributed by atoms with Crippen molar-refractivity contribution in [3.8, 4) is 17.1 Å². The Hall–Kier alpha value is -3.78. The zero-order valence-corrected chi connectivity index (χ0v) is 18.8. The molecule has 1 aliphatic heterocycles. The zero-order valence-electron chi connectivity index (χ0n) is 18.8. The average Bonchev–Trinajstić information content (AvgIpc) is 3.28. The summed E-state index contributed by atoms with van der Waals surface area (Å²) in [7, 11) is 3.71. The summed E-state index contributed by atoms with van der Waals surface area (Å²) in [5, 5.41) is 0.933. The molecule has 1 aromatic carbocycles. The van der Waals surface area contributed by atoms with Crippen LogP contribution < -0.4 is 4.74 Å². The van der Waals surface area contributed by atoms with Gasteiger partial charge in [-0.3, -0.25) is 9.78 Å². The quantitative estimate of drug-likeness (QED) is 0.511. The summed E-state index contributed by atoms with van der Waals surface area (Å²) in [6, 6.07) is 13.6. The van der Waals surface area contributed by atoms with Gasteiger partial charge in [0.25, 0.3) is 5.91 Å². The lowest BCUT2D eigenvalue weighted by atomic mass is 10.1. The van der Waals surface area contributed by atoms with E-state index in [1.165, 1.54) is 0 Å². The van der Waals surface area contributed by atoms with Gasteiger partial charge in [-0.25, -0.2) is 9.97 Å². The molecule has 0 atom stereocenters. The molecule has 0 unspecified atom stereocenters. The number of hydrogen-bond acceptors (Lipinski definition) is 6. The van der Waals surface area contributed by atoms with Crippen molar-refractivity contribution >= 4 is 16.8 Å². The highest BCUT2D eigenvalue weighted by Crippen LogP contribution is 2.29. The summed E-state index contributed by atoms with van der Waals surface area (Å²) in [4.78, 5) is 33.9. The second kappa shape index (κ2) is 8.99. The third kappa shape index (κ3) is 4.42. The largest absolute Gasteiger partial charge is 0.495 e. The van der Waals surface area contributed by atoms with Gasteiger partial charge in [-0.2, -0.15) is 0 Å². The van der Waals surface area contributed by atoms with Gasteiger partial charge in [0.2, 0.25) is 0 Å². The highest BCUT2D eigenvalue weighted by Gasteiger charge is 2.22. The molecule has 0 bridgehead atoms. The molecule has 4 heterocycles. The van der Waals surface area contributed by atoms with Gasteiger partial charge in [0.15, 0.2) is 0 Å². The van der Waals surface area contributed by atoms with Crippen LogP contribution in [0.5, 0.6) is 5.75 Å². The van der Waals surface area contributed by atoms with Crippen molar-refractivity contribution in [1.29, 1.82) is 0 Å². The first kappa shape index (κ1) is 21.1. The lowest BCUT2D eigenvalue weighted by Crippen LogP contribution is -2.47.